The smallest absolute Gasteiger partial charge is 0.858 e. The second-order valence-corrected chi connectivity index (χ2v) is 1.42. The van der Waals surface area contributed by atoms with Crippen LogP contribution in [0.1, 0.15) is 5.56 Å². The Morgan fingerprint density at radius 1 is 1.70 bits per heavy atom. The number of hydrogen-bond acceptors (Lipinski definition) is 3. The van der Waals surface area contributed by atoms with E-state index in [1.165, 1.54) is 12.4 Å². The van der Waals surface area contributed by atoms with Crippen LogP contribution in [0.3, 0.4) is 0 Å². The monoisotopic (exact) mass is 126 g/mol. The summed E-state index contributed by atoms with van der Waals surface area (Å²) in [6.07, 6.45) is 2.66. The summed E-state index contributed by atoms with van der Waals surface area (Å²) in [7, 11) is 0. The van der Waals surface area contributed by atoms with Crippen molar-refractivity contribution in [3.8, 4) is 0 Å². The second-order valence-electron chi connectivity index (χ2n) is 1.42. The van der Waals surface area contributed by atoms with Crippen LogP contribution in [0.15, 0.2) is 12.4 Å². The first-order valence-corrected chi connectivity index (χ1v) is 2.30. The van der Waals surface area contributed by atoms with Crippen LogP contribution in [-0.2, 0) is 0 Å². The van der Waals surface area contributed by atoms with Gasteiger partial charge in [0.25, 0.3) is 0 Å². The van der Waals surface area contributed by atoms with Gasteiger partial charge >= 0.3 is 18.9 Å². The Bertz CT molecular complexity index is 212. The van der Waals surface area contributed by atoms with Gasteiger partial charge in [-0.25, -0.2) is 0 Å². The standard InChI is InChI=1S/C6H4N2O.Li/c7-6(9)5-2-1-3-8-4-5;/h3-4H,(H2,7,9);/q;+1/p-1. The second kappa shape index (κ2) is 3.95. The minimum Gasteiger partial charge on any atom is -0.858 e. The van der Waals surface area contributed by atoms with Crippen molar-refractivity contribution in [2.75, 3.05) is 0 Å². The summed E-state index contributed by atoms with van der Waals surface area (Å²) < 4.78 is 0. The number of nitrogens with zero attached hydrogens (tertiary/aromatic N) is 1. The first-order chi connectivity index (χ1) is 4.30. The Balaban J connectivity index is 0.000000810. The van der Waals surface area contributed by atoms with Crippen LogP contribution < -0.4 is 24.0 Å². The SMILES string of the molecule is N=C([O-])c1c#ccnc1.[Li+]. The molecule has 0 aliphatic heterocycles. The van der Waals surface area contributed by atoms with Crippen molar-refractivity contribution in [3.05, 3.63) is 30.1 Å². The molecule has 0 saturated heterocycles. The molecule has 1 rings (SSSR count). The van der Waals surface area contributed by atoms with E-state index < -0.39 is 5.90 Å². The number of rotatable bonds is 1. The predicted octanol–water partition coefficient (Wildman–Crippen LogP) is -3.63. The van der Waals surface area contributed by atoms with Gasteiger partial charge in [-0.2, -0.15) is 0 Å². The van der Waals surface area contributed by atoms with Crippen molar-refractivity contribution >= 4 is 5.90 Å². The van der Waals surface area contributed by atoms with E-state index in [1.807, 2.05) is 0 Å². The minimum atomic E-state index is -0.778. The largest absolute Gasteiger partial charge is 1.00 e. The molecule has 0 amide bonds. The van der Waals surface area contributed by atoms with Gasteiger partial charge < -0.3 is 10.5 Å². The summed E-state index contributed by atoms with van der Waals surface area (Å²) in [6, 6.07) is 4.91. The first-order valence-electron chi connectivity index (χ1n) is 2.30. The molecule has 0 atom stereocenters. The summed E-state index contributed by atoms with van der Waals surface area (Å²) in [5, 5.41) is 16.8. The van der Waals surface area contributed by atoms with Gasteiger partial charge in [-0.3, -0.25) is 4.98 Å². The molecule has 3 nitrogen and oxygen atoms in total. The van der Waals surface area contributed by atoms with Crippen molar-refractivity contribution in [2.45, 2.75) is 0 Å². The summed E-state index contributed by atoms with van der Waals surface area (Å²) in [6.45, 7) is 0. The Labute approximate surface area is 70.8 Å². The molecule has 10 heavy (non-hydrogen) atoms. The molecule has 1 aromatic rings. The van der Waals surface area contributed by atoms with E-state index >= 15 is 0 Å². The molecule has 0 aliphatic carbocycles. The molecule has 44 valence electrons. The van der Waals surface area contributed by atoms with Crippen LogP contribution in [0, 0.1) is 17.5 Å². The summed E-state index contributed by atoms with van der Waals surface area (Å²) in [4.78, 5) is 3.58. The Morgan fingerprint density at radius 3 is 2.70 bits per heavy atom. The molecule has 0 saturated carbocycles. The predicted molar refractivity (Wildman–Crippen MR) is 28.7 cm³/mol. The van der Waals surface area contributed by atoms with Crippen molar-refractivity contribution in [1.82, 2.24) is 4.98 Å². The molecular formula is C6H3LiN2O. The number of aromatic nitrogens is 1. The van der Waals surface area contributed by atoms with Gasteiger partial charge in [0.2, 0.25) is 0 Å². The van der Waals surface area contributed by atoms with Crippen molar-refractivity contribution in [3.63, 3.8) is 0 Å². The van der Waals surface area contributed by atoms with E-state index in [0.29, 0.717) is 0 Å². The molecule has 0 spiro atoms. The van der Waals surface area contributed by atoms with E-state index in [4.69, 9.17) is 5.41 Å². The maximum atomic E-state index is 10.2. The minimum absolute atomic E-state index is 0. The third-order valence-electron chi connectivity index (χ3n) is 0.794. The van der Waals surface area contributed by atoms with E-state index in [2.05, 4.69) is 17.1 Å². The van der Waals surface area contributed by atoms with Crippen molar-refractivity contribution in [2.24, 2.45) is 0 Å². The average molecular weight is 126 g/mol. The average Bonchev–Trinajstić information content (AvgIpc) is 1.90. The van der Waals surface area contributed by atoms with Gasteiger partial charge in [0.15, 0.2) is 0 Å². The Morgan fingerprint density at radius 2 is 2.40 bits per heavy atom. The fourth-order valence-electron chi connectivity index (χ4n) is 0.407. The zero-order valence-corrected chi connectivity index (χ0v) is 5.51. The molecular weight excluding hydrogens is 123 g/mol. The summed E-state index contributed by atoms with van der Waals surface area (Å²) in [5.74, 6) is -0.778. The maximum Gasteiger partial charge on any atom is 1.00 e. The summed E-state index contributed by atoms with van der Waals surface area (Å²) >= 11 is 0. The van der Waals surface area contributed by atoms with Crippen LogP contribution >= 0.6 is 0 Å². The molecule has 0 radical (unpaired) electrons. The van der Waals surface area contributed by atoms with E-state index in [1.54, 1.807) is 0 Å². The fraction of sp³-hybridized carbons (Fsp3) is 0. The van der Waals surface area contributed by atoms with Gasteiger partial charge in [-0.15, -0.1) is 0 Å². The topological polar surface area (TPSA) is 59.8 Å². The van der Waals surface area contributed by atoms with Gasteiger partial charge in [-0.1, -0.05) is 6.07 Å². The molecule has 1 N–H and O–H groups in total. The van der Waals surface area contributed by atoms with Crippen LogP contribution in [0.5, 0.6) is 0 Å². The molecule has 0 bridgehead atoms. The molecule has 0 aliphatic rings. The zero-order valence-electron chi connectivity index (χ0n) is 5.51. The van der Waals surface area contributed by atoms with Gasteiger partial charge in [-0.05, 0) is 12.0 Å². The zero-order chi connectivity index (χ0) is 6.69. The Kier molecular flexibility index (Phi) is 3.57. The van der Waals surface area contributed by atoms with Crippen molar-refractivity contribution < 1.29 is 24.0 Å². The molecule has 0 unspecified atom stereocenters. The van der Waals surface area contributed by atoms with E-state index in [0.717, 1.165) is 0 Å². The normalized spacial score (nSPS) is 7.20. The molecule has 0 aromatic carbocycles. The number of hydrogen-bond donors (Lipinski definition) is 1. The van der Waals surface area contributed by atoms with Gasteiger partial charge in [0.1, 0.15) is 0 Å². The quantitative estimate of drug-likeness (QED) is 0.240. The summed E-state index contributed by atoms with van der Waals surface area (Å²) in [5.41, 5.74) is 0.150. The number of nitrogens with one attached hydrogen (secondary N) is 1. The van der Waals surface area contributed by atoms with E-state index in [9.17, 15) is 5.11 Å². The van der Waals surface area contributed by atoms with E-state index in [-0.39, 0.29) is 24.4 Å². The maximum absolute atomic E-state index is 10.2. The van der Waals surface area contributed by atoms with Crippen LogP contribution in [0.4, 0.5) is 0 Å². The molecule has 1 aromatic heterocycles. The van der Waals surface area contributed by atoms with Crippen LogP contribution in [0.25, 0.3) is 0 Å². The molecule has 0 fully saturated rings. The van der Waals surface area contributed by atoms with Gasteiger partial charge in [0, 0.05) is 6.20 Å². The third-order valence-corrected chi connectivity index (χ3v) is 0.794. The van der Waals surface area contributed by atoms with Crippen LogP contribution in [-0.4, -0.2) is 10.9 Å². The first kappa shape index (κ1) is 9.04. The van der Waals surface area contributed by atoms with Crippen molar-refractivity contribution in [1.29, 1.82) is 5.41 Å². The van der Waals surface area contributed by atoms with Gasteiger partial charge in [0.05, 0.1) is 11.8 Å². The molecule has 4 heteroatoms. The Hall–Kier alpha value is -0.963. The van der Waals surface area contributed by atoms with Crippen LogP contribution in [0.2, 0.25) is 0 Å². The molecule has 1 heterocycles. The third kappa shape index (κ3) is 2.11. The fourth-order valence-corrected chi connectivity index (χ4v) is 0.407.